The third-order valence-electron chi connectivity index (χ3n) is 2.93. The predicted molar refractivity (Wildman–Crippen MR) is 76.0 cm³/mol. The smallest absolute Gasteiger partial charge is 0.418 e. The van der Waals surface area contributed by atoms with Crippen LogP contribution < -0.4 is 0 Å². The van der Waals surface area contributed by atoms with E-state index in [1.807, 2.05) is 26.8 Å². The van der Waals surface area contributed by atoms with E-state index in [1.54, 1.807) is 12.3 Å². The Hall–Kier alpha value is -2.04. The molecular weight excluding hydrogens is 256 g/mol. The number of carbonyl (C=O) groups excluding carboxylic acids is 1. The summed E-state index contributed by atoms with van der Waals surface area (Å²) < 4.78 is 10.8. The van der Waals surface area contributed by atoms with Gasteiger partial charge >= 0.3 is 6.09 Å². The zero-order valence-electron chi connectivity index (χ0n) is 12.1. The molecule has 5 nitrogen and oxygen atoms in total. The largest absolute Gasteiger partial charge is 0.466 e. The van der Waals surface area contributed by atoms with Crippen LogP contribution in [0, 0.1) is 11.3 Å². The second-order valence-electron chi connectivity index (χ2n) is 5.81. The minimum absolute atomic E-state index is 0.102. The number of carbonyl (C=O) groups is 1. The lowest BCUT2D eigenvalue weighted by Crippen LogP contribution is -2.32. The van der Waals surface area contributed by atoms with Crippen molar-refractivity contribution >= 4 is 11.8 Å². The number of nitrogens with one attached hydrogen (secondary N) is 1. The summed E-state index contributed by atoms with van der Waals surface area (Å²) in [6.07, 6.45) is 9.60. The van der Waals surface area contributed by atoms with Gasteiger partial charge in [-0.2, -0.15) is 0 Å². The Morgan fingerprint density at radius 1 is 1.50 bits per heavy atom. The van der Waals surface area contributed by atoms with Crippen LogP contribution in [0.5, 0.6) is 0 Å². The van der Waals surface area contributed by atoms with E-state index in [0.717, 1.165) is 12.8 Å². The van der Waals surface area contributed by atoms with Crippen LogP contribution >= 0.6 is 0 Å². The average molecular weight is 276 g/mol. The van der Waals surface area contributed by atoms with E-state index in [9.17, 15) is 4.79 Å². The Morgan fingerprint density at radius 3 is 2.90 bits per heavy atom. The van der Waals surface area contributed by atoms with Gasteiger partial charge in [-0.1, -0.05) is 6.08 Å². The van der Waals surface area contributed by atoms with Gasteiger partial charge in [0, 0.05) is 5.71 Å². The molecule has 1 aliphatic heterocycles. The number of amides is 1. The molecule has 20 heavy (non-hydrogen) atoms. The fraction of sp³-hybridized carbons (Fsp3) is 0.467. The van der Waals surface area contributed by atoms with E-state index in [1.165, 1.54) is 17.4 Å². The summed E-state index contributed by atoms with van der Waals surface area (Å²) in [6.45, 7) is 5.46. The predicted octanol–water partition coefficient (Wildman–Crippen LogP) is 3.55. The summed E-state index contributed by atoms with van der Waals surface area (Å²) >= 11 is 0. The first-order chi connectivity index (χ1) is 9.37. The van der Waals surface area contributed by atoms with E-state index in [2.05, 4.69) is 0 Å². The molecule has 1 heterocycles. The molecule has 1 amide bonds. The van der Waals surface area contributed by atoms with E-state index in [0.29, 0.717) is 11.5 Å². The molecule has 0 aromatic heterocycles. The van der Waals surface area contributed by atoms with Crippen molar-refractivity contribution < 1.29 is 14.3 Å². The molecule has 108 valence electrons. The van der Waals surface area contributed by atoms with Gasteiger partial charge in [0.25, 0.3) is 0 Å². The standard InChI is InChI=1S/C15H20N2O3/c1-15(2,3)20-14(18)17-8-9-19-13(10-17)11-6-4-5-7-12(11)16/h5,7-11,16H,4,6H2,1-3H3. The van der Waals surface area contributed by atoms with Gasteiger partial charge in [-0.05, 0) is 39.7 Å². The molecule has 0 fully saturated rings. The maximum Gasteiger partial charge on any atom is 0.418 e. The summed E-state index contributed by atoms with van der Waals surface area (Å²) in [5.74, 6) is 0.502. The van der Waals surface area contributed by atoms with Crippen molar-refractivity contribution in [1.82, 2.24) is 4.90 Å². The monoisotopic (exact) mass is 276 g/mol. The van der Waals surface area contributed by atoms with Crippen molar-refractivity contribution in [2.45, 2.75) is 39.2 Å². The normalized spacial score (nSPS) is 22.4. The molecule has 0 bridgehead atoms. The van der Waals surface area contributed by atoms with Gasteiger partial charge < -0.3 is 14.9 Å². The van der Waals surface area contributed by atoms with Crippen LogP contribution in [-0.4, -0.2) is 22.3 Å². The Balaban J connectivity index is 2.11. The third-order valence-corrected chi connectivity index (χ3v) is 2.93. The second-order valence-corrected chi connectivity index (χ2v) is 5.81. The third kappa shape index (κ3) is 3.50. The number of ether oxygens (including phenoxy) is 2. The fourth-order valence-corrected chi connectivity index (χ4v) is 2.03. The molecule has 2 rings (SSSR count). The molecule has 0 aromatic rings. The molecule has 0 saturated heterocycles. The lowest BCUT2D eigenvalue weighted by Gasteiger charge is -2.28. The molecule has 1 atom stereocenters. The van der Waals surface area contributed by atoms with Crippen LogP contribution in [0.15, 0.2) is 36.6 Å². The highest BCUT2D eigenvalue weighted by Crippen LogP contribution is 2.27. The summed E-state index contributed by atoms with van der Waals surface area (Å²) in [5.41, 5.74) is -0.0423. The van der Waals surface area contributed by atoms with Crippen LogP contribution in [-0.2, 0) is 9.47 Å². The van der Waals surface area contributed by atoms with Gasteiger partial charge in [-0.25, -0.2) is 4.79 Å². The minimum Gasteiger partial charge on any atom is -0.466 e. The first-order valence-electron chi connectivity index (χ1n) is 6.68. The average Bonchev–Trinajstić information content (AvgIpc) is 2.37. The first kappa shape index (κ1) is 14.4. The Morgan fingerprint density at radius 2 is 2.25 bits per heavy atom. The Kier molecular flexibility index (Phi) is 3.97. The SMILES string of the molecule is CC(C)(C)OC(=O)N1C=COC(C2CCC=CC2=N)=C1. The van der Waals surface area contributed by atoms with Crippen LogP contribution in [0.1, 0.15) is 33.6 Å². The first-order valence-corrected chi connectivity index (χ1v) is 6.68. The molecule has 0 saturated carbocycles. The number of hydrogen-bond donors (Lipinski definition) is 1. The van der Waals surface area contributed by atoms with E-state index in [4.69, 9.17) is 14.9 Å². The highest BCUT2D eigenvalue weighted by atomic mass is 16.6. The molecule has 5 heteroatoms. The van der Waals surface area contributed by atoms with Crippen LogP contribution in [0.2, 0.25) is 0 Å². The van der Waals surface area contributed by atoms with Crippen LogP contribution in [0.4, 0.5) is 4.79 Å². The van der Waals surface area contributed by atoms with Gasteiger partial charge in [0.2, 0.25) is 0 Å². The Labute approximate surface area is 119 Å². The van der Waals surface area contributed by atoms with Crippen molar-refractivity contribution in [1.29, 1.82) is 5.41 Å². The van der Waals surface area contributed by atoms with E-state index in [-0.39, 0.29) is 5.92 Å². The second kappa shape index (κ2) is 5.53. The molecule has 1 unspecified atom stereocenters. The molecule has 0 aromatic carbocycles. The van der Waals surface area contributed by atoms with Gasteiger partial charge in [0.15, 0.2) is 0 Å². The topological polar surface area (TPSA) is 62.6 Å². The molecule has 0 spiro atoms. The Bertz CT molecular complexity index is 498. The molecule has 0 radical (unpaired) electrons. The van der Waals surface area contributed by atoms with Crippen molar-refractivity contribution in [3.05, 3.63) is 36.6 Å². The van der Waals surface area contributed by atoms with Gasteiger partial charge in [0.05, 0.1) is 18.3 Å². The van der Waals surface area contributed by atoms with Gasteiger partial charge in [-0.3, -0.25) is 4.90 Å². The summed E-state index contributed by atoms with van der Waals surface area (Å²) in [6, 6.07) is 0. The van der Waals surface area contributed by atoms with Gasteiger partial charge in [-0.15, -0.1) is 0 Å². The highest BCUT2D eigenvalue weighted by Gasteiger charge is 2.27. The van der Waals surface area contributed by atoms with Crippen molar-refractivity contribution in [3.8, 4) is 0 Å². The number of rotatable bonds is 1. The molecule has 2 aliphatic rings. The molecule has 1 N–H and O–H groups in total. The highest BCUT2D eigenvalue weighted by molar-refractivity contribution is 5.96. The number of nitrogens with zero attached hydrogens (tertiary/aromatic N) is 1. The lowest BCUT2D eigenvalue weighted by molar-refractivity contribution is 0.0379. The number of hydrogen-bond acceptors (Lipinski definition) is 4. The van der Waals surface area contributed by atoms with Crippen LogP contribution in [0.3, 0.4) is 0 Å². The van der Waals surface area contributed by atoms with Gasteiger partial charge in [0.1, 0.15) is 17.6 Å². The molecular formula is C15H20N2O3. The maximum atomic E-state index is 12.0. The zero-order valence-corrected chi connectivity index (χ0v) is 12.1. The van der Waals surface area contributed by atoms with E-state index >= 15 is 0 Å². The summed E-state index contributed by atoms with van der Waals surface area (Å²) in [7, 11) is 0. The van der Waals surface area contributed by atoms with Crippen LogP contribution in [0.25, 0.3) is 0 Å². The summed E-state index contributed by atoms with van der Waals surface area (Å²) in [4.78, 5) is 13.4. The van der Waals surface area contributed by atoms with Crippen molar-refractivity contribution in [3.63, 3.8) is 0 Å². The lowest BCUT2D eigenvalue weighted by atomic mass is 9.90. The zero-order chi connectivity index (χ0) is 14.8. The van der Waals surface area contributed by atoms with Crippen molar-refractivity contribution in [2.75, 3.05) is 0 Å². The van der Waals surface area contributed by atoms with E-state index < -0.39 is 11.7 Å². The molecule has 1 aliphatic carbocycles. The summed E-state index contributed by atoms with van der Waals surface area (Å²) in [5, 5.41) is 7.93. The fourth-order valence-electron chi connectivity index (χ4n) is 2.03. The minimum atomic E-state index is -0.544. The quantitative estimate of drug-likeness (QED) is 0.796. The number of allylic oxidation sites excluding steroid dienone is 3. The van der Waals surface area contributed by atoms with Crippen molar-refractivity contribution in [2.24, 2.45) is 5.92 Å². The maximum absolute atomic E-state index is 12.0.